The third-order valence-electron chi connectivity index (χ3n) is 3.32. The van der Waals surface area contributed by atoms with Gasteiger partial charge in [-0.15, -0.1) is 11.3 Å². The summed E-state index contributed by atoms with van der Waals surface area (Å²) >= 11 is 1.78. The number of rotatable bonds is 5. The maximum atomic E-state index is 12.3. The second-order valence-corrected chi connectivity index (χ2v) is 6.21. The van der Waals surface area contributed by atoms with Crippen molar-refractivity contribution in [1.29, 1.82) is 0 Å². The predicted octanol–water partition coefficient (Wildman–Crippen LogP) is 3.07. The molecule has 0 radical (unpaired) electrons. The zero-order valence-corrected chi connectivity index (χ0v) is 12.2. The van der Waals surface area contributed by atoms with Gasteiger partial charge in [0.05, 0.1) is 6.04 Å². The Morgan fingerprint density at radius 1 is 1.33 bits per heavy atom. The van der Waals surface area contributed by atoms with E-state index in [0.29, 0.717) is 0 Å². The zero-order chi connectivity index (χ0) is 13.1. The number of carbonyl (C=O) groups excluding carboxylic acids is 1. The van der Waals surface area contributed by atoms with Crippen molar-refractivity contribution in [3.63, 3.8) is 0 Å². The lowest BCUT2D eigenvalue weighted by molar-refractivity contribution is -0.130. The van der Waals surface area contributed by atoms with Crippen molar-refractivity contribution >= 4 is 17.2 Å². The van der Waals surface area contributed by atoms with E-state index in [4.69, 9.17) is 0 Å². The Labute approximate surface area is 113 Å². The van der Waals surface area contributed by atoms with Crippen molar-refractivity contribution in [2.45, 2.75) is 52.2 Å². The molecule has 0 spiro atoms. The molecular weight excluding hydrogens is 244 g/mol. The average molecular weight is 266 g/mol. The summed E-state index contributed by atoms with van der Waals surface area (Å²) in [4.78, 5) is 16.9. The van der Waals surface area contributed by atoms with E-state index in [1.807, 2.05) is 4.90 Å². The van der Waals surface area contributed by atoms with Crippen LogP contribution >= 0.6 is 11.3 Å². The Kier molecular flexibility index (Phi) is 4.40. The van der Waals surface area contributed by atoms with Gasteiger partial charge in [0.1, 0.15) is 6.17 Å². The normalized spacial score (nSPS) is 23.9. The fourth-order valence-corrected chi connectivity index (χ4v) is 3.44. The fraction of sp³-hybridized carbons (Fsp3) is 0.643. The highest BCUT2D eigenvalue weighted by Gasteiger charge is 2.38. The predicted molar refractivity (Wildman–Crippen MR) is 75.6 cm³/mol. The largest absolute Gasteiger partial charge is 0.321 e. The Hall–Kier alpha value is -0.870. The van der Waals surface area contributed by atoms with E-state index >= 15 is 0 Å². The molecule has 1 N–H and O–H groups in total. The topological polar surface area (TPSA) is 32.3 Å². The minimum absolute atomic E-state index is 0.00829. The molecule has 1 aromatic rings. The van der Waals surface area contributed by atoms with E-state index < -0.39 is 0 Å². The van der Waals surface area contributed by atoms with E-state index in [2.05, 4.69) is 38.2 Å². The van der Waals surface area contributed by atoms with E-state index in [1.165, 1.54) is 9.75 Å². The van der Waals surface area contributed by atoms with Crippen molar-refractivity contribution in [2.24, 2.45) is 0 Å². The third-order valence-corrected chi connectivity index (χ3v) is 4.38. The molecule has 0 saturated carbocycles. The molecule has 1 amide bonds. The van der Waals surface area contributed by atoms with Gasteiger partial charge in [-0.3, -0.25) is 10.1 Å². The summed E-state index contributed by atoms with van der Waals surface area (Å²) in [6, 6.07) is 4.28. The quantitative estimate of drug-likeness (QED) is 0.888. The molecule has 1 aromatic heterocycles. The van der Waals surface area contributed by atoms with Gasteiger partial charge < -0.3 is 4.90 Å². The number of amides is 1. The van der Waals surface area contributed by atoms with Crippen molar-refractivity contribution in [1.82, 2.24) is 10.2 Å². The Bertz CT molecular complexity index is 416. The Morgan fingerprint density at radius 2 is 2.11 bits per heavy atom. The number of thiophene rings is 1. The Morgan fingerprint density at radius 3 is 2.67 bits per heavy atom. The molecule has 2 atom stereocenters. The first-order chi connectivity index (χ1) is 8.67. The number of hydrogen-bond donors (Lipinski definition) is 1. The summed E-state index contributed by atoms with van der Waals surface area (Å²) < 4.78 is 0. The van der Waals surface area contributed by atoms with Gasteiger partial charge in [0, 0.05) is 16.3 Å². The molecule has 2 unspecified atom stereocenters. The summed E-state index contributed by atoms with van der Waals surface area (Å²) in [6.45, 7) is 7.20. The van der Waals surface area contributed by atoms with E-state index in [1.54, 1.807) is 11.3 Å². The molecule has 1 aliphatic heterocycles. The van der Waals surface area contributed by atoms with E-state index in [0.717, 1.165) is 25.8 Å². The molecule has 4 heteroatoms. The number of nitrogens with one attached hydrogen (secondary N) is 1. The molecule has 1 aliphatic rings. The van der Waals surface area contributed by atoms with Gasteiger partial charge in [0.2, 0.25) is 5.91 Å². The van der Waals surface area contributed by atoms with Gasteiger partial charge in [-0.25, -0.2) is 0 Å². The summed E-state index contributed by atoms with van der Waals surface area (Å²) in [5.74, 6) is 0.273. The first-order valence-electron chi connectivity index (χ1n) is 6.80. The van der Waals surface area contributed by atoms with Crippen molar-refractivity contribution < 1.29 is 4.79 Å². The van der Waals surface area contributed by atoms with Crippen LogP contribution in [0.2, 0.25) is 0 Å². The van der Waals surface area contributed by atoms with Gasteiger partial charge in [-0.05, 0) is 31.9 Å². The highest BCUT2D eigenvalue weighted by Crippen LogP contribution is 2.31. The Balaban J connectivity index is 2.19. The van der Waals surface area contributed by atoms with E-state index in [9.17, 15) is 4.79 Å². The number of aryl methyl sites for hydroxylation is 1. The fourth-order valence-electron chi connectivity index (χ4n) is 2.49. The van der Waals surface area contributed by atoms with Crippen LogP contribution in [-0.4, -0.2) is 23.4 Å². The summed E-state index contributed by atoms with van der Waals surface area (Å²) in [5.41, 5.74) is 0. The second-order valence-electron chi connectivity index (χ2n) is 4.89. The summed E-state index contributed by atoms with van der Waals surface area (Å²) in [7, 11) is 0. The molecule has 100 valence electrons. The van der Waals surface area contributed by atoms with E-state index in [-0.39, 0.29) is 18.1 Å². The van der Waals surface area contributed by atoms with Crippen LogP contribution in [0, 0.1) is 6.92 Å². The minimum atomic E-state index is 0.00829. The molecule has 2 heterocycles. The van der Waals surface area contributed by atoms with Gasteiger partial charge >= 0.3 is 0 Å². The van der Waals surface area contributed by atoms with Crippen LogP contribution < -0.4 is 5.32 Å². The average Bonchev–Trinajstić information content (AvgIpc) is 2.88. The minimum Gasteiger partial charge on any atom is -0.321 e. The first-order valence-corrected chi connectivity index (χ1v) is 7.61. The molecule has 1 saturated heterocycles. The standard InChI is InChI=1S/C14H22N2OS/c1-4-6-11-14(17)16(9-5-2)13(15-11)12-8-7-10(3)18-12/h7-8,11,13,15H,4-6,9H2,1-3H3. The molecule has 0 aromatic carbocycles. The number of nitrogens with zero attached hydrogens (tertiary/aromatic N) is 1. The van der Waals surface area contributed by atoms with Crippen molar-refractivity contribution in [3.8, 4) is 0 Å². The van der Waals surface area contributed by atoms with Crippen molar-refractivity contribution in [3.05, 3.63) is 21.9 Å². The van der Waals surface area contributed by atoms with Crippen LogP contribution in [0.1, 0.15) is 49.0 Å². The molecule has 1 fully saturated rings. The lowest BCUT2D eigenvalue weighted by Gasteiger charge is -2.22. The van der Waals surface area contributed by atoms with Crippen LogP contribution in [0.4, 0.5) is 0 Å². The highest BCUT2D eigenvalue weighted by atomic mass is 32.1. The number of carbonyl (C=O) groups is 1. The first kappa shape index (κ1) is 13.6. The third kappa shape index (κ3) is 2.59. The summed E-state index contributed by atoms with van der Waals surface area (Å²) in [6.07, 6.45) is 3.07. The number of hydrogen-bond acceptors (Lipinski definition) is 3. The molecular formula is C14H22N2OS. The zero-order valence-electron chi connectivity index (χ0n) is 11.4. The SMILES string of the molecule is CCCC1NC(c2ccc(C)s2)N(CCC)C1=O. The monoisotopic (exact) mass is 266 g/mol. The van der Waals surface area contributed by atoms with Gasteiger partial charge in [0.25, 0.3) is 0 Å². The van der Waals surface area contributed by atoms with Crippen molar-refractivity contribution in [2.75, 3.05) is 6.54 Å². The van der Waals surface area contributed by atoms with Gasteiger partial charge in [-0.1, -0.05) is 20.3 Å². The molecule has 2 rings (SSSR count). The highest BCUT2D eigenvalue weighted by molar-refractivity contribution is 7.12. The molecule has 18 heavy (non-hydrogen) atoms. The van der Waals surface area contributed by atoms with Crippen LogP contribution in [0.5, 0.6) is 0 Å². The van der Waals surface area contributed by atoms with Gasteiger partial charge in [0.15, 0.2) is 0 Å². The maximum Gasteiger partial charge on any atom is 0.241 e. The summed E-state index contributed by atoms with van der Waals surface area (Å²) in [5, 5.41) is 3.49. The maximum absolute atomic E-state index is 12.3. The van der Waals surface area contributed by atoms with Crippen LogP contribution in [0.15, 0.2) is 12.1 Å². The van der Waals surface area contributed by atoms with Crippen LogP contribution in [0.25, 0.3) is 0 Å². The lowest BCUT2D eigenvalue weighted by Crippen LogP contribution is -2.31. The molecule has 3 nitrogen and oxygen atoms in total. The van der Waals surface area contributed by atoms with Crippen LogP contribution in [0.3, 0.4) is 0 Å². The molecule has 0 bridgehead atoms. The van der Waals surface area contributed by atoms with Crippen LogP contribution in [-0.2, 0) is 4.79 Å². The second kappa shape index (κ2) is 5.85. The lowest BCUT2D eigenvalue weighted by atomic mass is 10.2. The smallest absolute Gasteiger partial charge is 0.241 e. The molecule has 0 aliphatic carbocycles. The van der Waals surface area contributed by atoms with Gasteiger partial charge in [-0.2, -0.15) is 0 Å².